The third-order valence-corrected chi connectivity index (χ3v) is 2.53. The van der Waals surface area contributed by atoms with Crippen LogP contribution in [0.3, 0.4) is 0 Å². The van der Waals surface area contributed by atoms with E-state index in [4.69, 9.17) is 4.74 Å². The quantitative estimate of drug-likeness (QED) is 0.709. The highest BCUT2D eigenvalue weighted by atomic mass is 16.5. The van der Waals surface area contributed by atoms with Crippen LogP contribution < -0.4 is 0 Å². The molecule has 3 heteroatoms. The highest BCUT2D eigenvalue weighted by molar-refractivity contribution is 4.67. The van der Waals surface area contributed by atoms with E-state index in [0.717, 1.165) is 19.6 Å². The Morgan fingerprint density at radius 3 is 2.38 bits per heavy atom. The van der Waals surface area contributed by atoms with Crippen molar-refractivity contribution in [1.82, 2.24) is 4.90 Å². The Labute approximate surface area is 80.7 Å². The van der Waals surface area contributed by atoms with Gasteiger partial charge in [0.25, 0.3) is 0 Å². The molecule has 0 amide bonds. The first-order chi connectivity index (χ1) is 6.33. The van der Waals surface area contributed by atoms with Crippen molar-refractivity contribution < 1.29 is 9.84 Å². The average Bonchev–Trinajstić information content (AvgIpc) is 2.33. The number of methoxy groups -OCH3 is 1. The average molecular weight is 187 g/mol. The molecular formula is C10H21NO2. The molecule has 0 bridgehead atoms. The van der Waals surface area contributed by atoms with Crippen molar-refractivity contribution in [3.05, 3.63) is 0 Å². The van der Waals surface area contributed by atoms with Gasteiger partial charge in [-0.3, -0.25) is 0 Å². The molecular weight excluding hydrogens is 166 g/mol. The summed E-state index contributed by atoms with van der Waals surface area (Å²) in [6.45, 7) is 3.51. The molecule has 1 unspecified atom stereocenters. The van der Waals surface area contributed by atoms with Gasteiger partial charge >= 0.3 is 0 Å². The zero-order valence-electron chi connectivity index (χ0n) is 8.54. The Morgan fingerprint density at radius 2 is 1.85 bits per heavy atom. The highest BCUT2D eigenvalue weighted by Gasteiger charge is 2.12. The van der Waals surface area contributed by atoms with E-state index in [0.29, 0.717) is 6.61 Å². The fourth-order valence-corrected chi connectivity index (χ4v) is 1.86. The smallest absolute Gasteiger partial charge is 0.0900 e. The molecule has 0 radical (unpaired) electrons. The Kier molecular flexibility index (Phi) is 5.35. The van der Waals surface area contributed by atoms with Crippen molar-refractivity contribution >= 4 is 0 Å². The third-order valence-electron chi connectivity index (χ3n) is 2.53. The van der Waals surface area contributed by atoms with Crippen LogP contribution in [-0.4, -0.2) is 49.5 Å². The van der Waals surface area contributed by atoms with Crippen molar-refractivity contribution in [3.63, 3.8) is 0 Å². The highest BCUT2D eigenvalue weighted by Crippen LogP contribution is 2.09. The molecule has 3 nitrogen and oxygen atoms in total. The molecule has 1 atom stereocenters. The van der Waals surface area contributed by atoms with Gasteiger partial charge in [0.15, 0.2) is 0 Å². The van der Waals surface area contributed by atoms with Crippen molar-refractivity contribution in [1.29, 1.82) is 0 Å². The first-order valence-electron chi connectivity index (χ1n) is 5.22. The monoisotopic (exact) mass is 187 g/mol. The van der Waals surface area contributed by atoms with Gasteiger partial charge in [0, 0.05) is 13.7 Å². The molecule has 1 saturated heterocycles. The molecule has 1 heterocycles. The molecule has 0 aromatic carbocycles. The van der Waals surface area contributed by atoms with Crippen molar-refractivity contribution in [3.8, 4) is 0 Å². The Hall–Kier alpha value is -0.120. The summed E-state index contributed by atoms with van der Waals surface area (Å²) in [5.74, 6) is 0. The van der Waals surface area contributed by atoms with E-state index in [1.54, 1.807) is 7.11 Å². The molecule has 1 rings (SSSR count). The topological polar surface area (TPSA) is 32.7 Å². The minimum atomic E-state index is -0.317. The van der Waals surface area contributed by atoms with Crippen LogP contribution in [0.5, 0.6) is 0 Å². The van der Waals surface area contributed by atoms with Crippen LogP contribution >= 0.6 is 0 Å². The summed E-state index contributed by atoms with van der Waals surface area (Å²) in [7, 11) is 1.63. The molecule has 1 aliphatic rings. The zero-order valence-corrected chi connectivity index (χ0v) is 8.54. The summed E-state index contributed by atoms with van der Waals surface area (Å²) in [6.07, 6.45) is 4.93. The normalized spacial score (nSPS) is 22.6. The van der Waals surface area contributed by atoms with E-state index >= 15 is 0 Å². The molecule has 1 fully saturated rings. The van der Waals surface area contributed by atoms with Gasteiger partial charge in [-0.25, -0.2) is 0 Å². The second kappa shape index (κ2) is 6.35. The maximum atomic E-state index is 9.53. The number of nitrogens with zero attached hydrogens (tertiary/aromatic N) is 1. The molecule has 1 N–H and O–H groups in total. The second-order valence-corrected chi connectivity index (χ2v) is 3.82. The van der Waals surface area contributed by atoms with Gasteiger partial charge in [0.05, 0.1) is 12.7 Å². The molecule has 1 aliphatic heterocycles. The van der Waals surface area contributed by atoms with Crippen LogP contribution in [0.25, 0.3) is 0 Å². The van der Waals surface area contributed by atoms with E-state index in [-0.39, 0.29) is 6.10 Å². The van der Waals surface area contributed by atoms with Gasteiger partial charge in [-0.2, -0.15) is 0 Å². The van der Waals surface area contributed by atoms with Crippen molar-refractivity contribution in [2.45, 2.75) is 31.8 Å². The van der Waals surface area contributed by atoms with Gasteiger partial charge in [0.2, 0.25) is 0 Å². The Balaban J connectivity index is 2.17. The summed E-state index contributed by atoms with van der Waals surface area (Å²) in [5.41, 5.74) is 0. The Morgan fingerprint density at radius 1 is 1.23 bits per heavy atom. The largest absolute Gasteiger partial charge is 0.389 e. The summed E-state index contributed by atoms with van der Waals surface area (Å²) >= 11 is 0. The maximum Gasteiger partial charge on any atom is 0.0900 e. The van der Waals surface area contributed by atoms with E-state index in [1.807, 2.05) is 0 Å². The number of ether oxygens (including phenoxy) is 1. The van der Waals surface area contributed by atoms with E-state index in [2.05, 4.69) is 4.90 Å². The second-order valence-electron chi connectivity index (χ2n) is 3.82. The molecule has 78 valence electrons. The van der Waals surface area contributed by atoms with Gasteiger partial charge in [-0.05, 0) is 25.9 Å². The molecule has 0 saturated carbocycles. The number of hydrogen-bond acceptors (Lipinski definition) is 3. The van der Waals surface area contributed by atoms with Crippen LogP contribution in [0, 0.1) is 0 Å². The number of hydrogen-bond donors (Lipinski definition) is 1. The van der Waals surface area contributed by atoms with Gasteiger partial charge in [-0.1, -0.05) is 12.8 Å². The summed E-state index contributed by atoms with van der Waals surface area (Å²) in [5, 5.41) is 9.53. The molecule has 0 aliphatic carbocycles. The summed E-state index contributed by atoms with van der Waals surface area (Å²) < 4.78 is 4.90. The fourth-order valence-electron chi connectivity index (χ4n) is 1.86. The standard InChI is InChI=1S/C10H21NO2/c1-13-9-10(12)8-11-6-4-2-3-5-7-11/h10,12H,2-9H2,1H3. The molecule has 0 aromatic heterocycles. The maximum absolute atomic E-state index is 9.53. The minimum Gasteiger partial charge on any atom is -0.389 e. The summed E-state index contributed by atoms with van der Waals surface area (Å²) in [4.78, 5) is 2.34. The number of aliphatic hydroxyl groups excluding tert-OH is 1. The first-order valence-corrected chi connectivity index (χ1v) is 5.22. The molecule has 0 spiro atoms. The van der Waals surface area contributed by atoms with Crippen LogP contribution in [0.1, 0.15) is 25.7 Å². The number of β-amino-alcohol motifs (C(OH)–C–C–N with tert-alkyl or cyclic N) is 1. The van der Waals surface area contributed by atoms with Crippen molar-refractivity contribution in [2.75, 3.05) is 33.4 Å². The number of aliphatic hydroxyl groups is 1. The lowest BCUT2D eigenvalue weighted by atomic mass is 10.2. The predicted molar refractivity (Wildman–Crippen MR) is 52.8 cm³/mol. The zero-order chi connectivity index (χ0) is 9.52. The minimum absolute atomic E-state index is 0.317. The van der Waals surface area contributed by atoms with Crippen LogP contribution in [0.15, 0.2) is 0 Å². The van der Waals surface area contributed by atoms with Crippen LogP contribution in [-0.2, 0) is 4.74 Å². The lowest BCUT2D eigenvalue weighted by Crippen LogP contribution is -2.35. The van der Waals surface area contributed by atoms with Crippen molar-refractivity contribution in [2.24, 2.45) is 0 Å². The fraction of sp³-hybridized carbons (Fsp3) is 1.00. The van der Waals surface area contributed by atoms with E-state index < -0.39 is 0 Å². The van der Waals surface area contributed by atoms with Gasteiger partial charge < -0.3 is 14.7 Å². The first kappa shape index (κ1) is 11.0. The lowest BCUT2D eigenvalue weighted by Gasteiger charge is -2.22. The Bertz CT molecular complexity index is 122. The van der Waals surface area contributed by atoms with Gasteiger partial charge in [-0.15, -0.1) is 0 Å². The summed E-state index contributed by atoms with van der Waals surface area (Å²) in [6, 6.07) is 0. The molecule has 0 aromatic rings. The van der Waals surface area contributed by atoms with Crippen LogP contribution in [0.2, 0.25) is 0 Å². The van der Waals surface area contributed by atoms with E-state index in [1.165, 1.54) is 25.7 Å². The number of likely N-dealkylation sites (tertiary alicyclic amines) is 1. The predicted octanol–water partition coefficient (Wildman–Crippen LogP) is 0.870. The van der Waals surface area contributed by atoms with Gasteiger partial charge in [0.1, 0.15) is 0 Å². The van der Waals surface area contributed by atoms with E-state index in [9.17, 15) is 5.11 Å². The SMILES string of the molecule is COCC(O)CN1CCCCCC1. The number of rotatable bonds is 4. The molecule has 13 heavy (non-hydrogen) atoms. The lowest BCUT2D eigenvalue weighted by molar-refractivity contribution is 0.0385. The third kappa shape index (κ3) is 4.60. The van der Waals surface area contributed by atoms with Crippen LogP contribution in [0.4, 0.5) is 0 Å².